The number of hydrogen-bond acceptors (Lipinski definition) is 4. The molecular weight excluding hydrogens is 540 g/mol. The van der Waals surface area contributed by atoms with Gasteiger partial charge in [0.25, 0.3) is 0 Å². The lowest BCUT2D eigenvalue weighted by atomic mass is 9.82. The summed E-state index contributed by atoms with van der Waals surface area (Å²) in [6.45, 7) is 4.63. The van der Waals surface area contributed by atoms with Crippen LogP contribution in [0.25, 0.3) is 55.6 Å². The van der Waals surface area contributed by atoms with Crippen molar-refractivity contribution >= 4 is 50.1 Å². The van der Waals surface area contributed by atoms with Crippen LogP contribution in [0.3, 0.4) is 0 Å². The van der Waals surface area contributed by atoms with Gasteiger partial charge in [-0.25, -0.2) is 4.98 Å². The molecule has 8 aromatic rings. The van der Waals surface area contributed by atoms with Gasteiger partial charge in [0.2, 0.25) is 5.89 Å². The summed E-state index contributed by atoms with van der Waals surface area (Å²) in [4.78, 5) is 7.08. The predicted molar refractivity (Wildman–Crippen MR) is 179 cm³/mol. The SMILES string of the molecule is CC1(C)c2ccccc2-c2ccc(N(c3ccc4nc(-c5ccccc5)oc4c3)c3cccc4c3oc3ccccc34)cc21. The van der Waals surface area contributed by atoms with Crippen LogP contribution in [0.5, 0.6) is 0 Å². The molecule has 9 rings (SSSR count). The lowest BCUT2D eigenvalue weighted by molar-refractivity contribution is 0.620. The molecule has 0 aliphatic heterocycles. The van der Waals surface area contributed by atoms with Crippen molar-refractivity contribution in [2.75, 3.05) is 4.90 Å². The molecule has 4 nitrogen and oxygen atoms in total. The molecule has 0 unspecified atom stereocenters. The quantitative estimate of drug-likeness (QED) is 0.212. The van der Waals surface area contributed by atoms with E-state index >= 15 is 0 Å². The zero-order chi connectivity index (χ0) is 29.4. The molecular formula is C40H28N2O2. The molecule has 0 N–H and O–H groups in total. The van der Waals surface area contributed by atoms with E-state index in [4.69, 9.17) is 13.8 Å². The van der Waals surface area contributed by atoms with E-state index in [0.29, 0.717) is 5.89 Å². The molecule has 1 aliphatic rings. The molecule has 0 atom stereocenters. The summed E-state index contributed by atoms with van der Waals surface area (Å²) in [7, 11) is 0. The lowest BCUT2D eigenvalue weighted by Crippen LogP contribution is -2.16. The van der Waals surface area contributed by atoms with Gasteiger partial charge in [0.15, 0.2) is 11.2 Å². The molecule has 44 heavy (non-hydrogen) atoms. The van der Waals surface area contributed by atoms with E-state index in [0.717, 1.165) is 55.7 Å². The Morgan fingerprint density at radius 3 is 2.20 bits per heavy atom. The maximum atomic E-state index is 6.56. The molecule has 0 spiro atoms. The number of aromatic nitrogens is 1. The Balaban J connectivity index is 1.28. The van der Waals surface area contributed by atoms with Crippen LogP contribution < -0.4 is 4.90 Å². The van der Waals surface area contributed by atoms with E-state index in [1.807, 2.05) is 48.5 Å². The highest BCUT2D eigenvalue weighted by Gasteiger charge is 2.36. The highest BCUT2D eigenvalue weighted by Crippen LogP contribution is 2.51. The number of furan rings is 1. The Labute approximate surface area is 254 Å². The van der Waals surface area contributed by atoms with E-state index < -0.39 is 0 Å². The first kappa shape index (κ1) is 24.9. The predicted octanol–water partition coefficient (Wildman–Crippen LogP) is 11.2. The lowest BCUT2D eigenvalue weighted by Gasteiger charge is -2.28. The van der Waals surface area contributed by atoms with Crippen molar-refractivity contribution in [3.05, 3.63) is 145 Å². The topological polar surface area (TPSA) is 42.4 Å². The third-order valence-electron chi connectivity index (χ3n) is 9.10. The summed E-state index contributed by atoms with van der Waals surface area (Å²) >= 11 is 0. The first-order valence-corrected chi connectivity index (χ1v) is 15.0. The van der Waals surface area contributed by atoms with Crippen molar-refractivity contribution < 1.29 is 8.83 Å². The third-order valence-corrected chi connectivity index (χ3v) is 9.10. The molecule has 0 saturated carbocycles. The van der Waals surface area contributed by atoms with Crippen LogP contribution in [-0.4, -0.2) is 4.98 Å². The Morgan fingerprint density at radius 2 is 1.30 bits per heavy atom. The number of anilines is 3. The molecule has 4 heteroatoms. The Morgan fingerprint density at radius 1 is 0.568 bits per heavy atom. The number of fused-ring (bicyclic) bond motifs is 7. The van der Waals surface area contributed by atoms with Crippen LogP contribution in [0, 0.1) is 0 Å². The maximum Gasteiger partial charge on any atom is 0.227 e. The van der Waals surface area contributed by atoms with Crippen LogP contribution >= 0.6 is 0 Å². The minimum absolute atomic E-state index is 0.127. The minimum atomic E-state index is -0.127. The van der Waals surface area contributed by atoms with Gasteiger partial charge >= 0.3 is 0 Å². The molecule has 6 aromatic carbocycles. The number of nitrogens with zero attached hydrogens (tertiary/aromatic N) is 2. The van der Waals surface area contributed by atoms with Gasteiger partial charge < -0.3 is 13.7 Å². The van der Waals surface area contributed by atoms with Gasteiger partial charge in [-0.15, -0.1) is 0 Å². The second-order valence-corrected chi connectivity index (χ2v) is 12.0. The van der Waals surface area contributed by atoms with Crippen LogP contribution in [0.4, 0.5) is 17.1 Å². The Kier molecular flexibility index (Phi) is 5.21. The molecule has 1 aliphatic carbocycles. The van der Waals surface area contributed by atoms with E-state index in [9.17, 15) is 0 Å². The van der Waals surface area contributed by atoms with Gasteiger partial charge in [-0.3, -0.25) is 0 Å². The van der Waals surface area contributed by atoms with E-state index in [2.05, 4.69) is 104 Å². The van der Waals surface area contributed by atoms with Crippen molar-refractivity contribution in [3.63, 3.8) is 0 Å². The first-order valence-electron chi connectivity index (χ1n) is 15.0. The van der Waals surface area contributed by atoms with Gasteiger partial charge in [-0.2, -0.15) is 0 Å². The third kappa shape index (κ3) is 3.61. The molecule has 0 bridgehead atoms. The van der Waals surface area contributed by atoms with Crippen molar-refractivity contribution in [2.45, 2.75) is 19.3 Å². The fraction of sp³-hybridized carbons (Fsp3) is 0.0750. The zero-order valence-electron chi connectivity index (χ0n) is 24.4. The summed E-state index contributed by atoms with van der Waals surface area (Å²) in [5.41, 5.74) is 12.3. The summed E-state index contributed by atoms with van der Waals surface area (Å²) < 4.78 is 12.9. The van der Waals surface area contributed by atoms with Crippen LogP contribution in [0.2, 0.25) is 0 Å². The highest BCUT2D eigenvalue weighted by atomic mass is 16.3. The summed E-state index contributed by atoms with van der Waals surface area (Å²) in [6.07, 6.45) is 0. The van der Waals surface area contributed by atoms with Crippen molar-refractivity contribution in [3.8, 4) is 22.6 Å². The molecule has 2 aromatic heterocycles. The van der Waals surface area contributed by atoms with E-state index in [1.165, 1.54) is 22.3 Å². The zero-order valence-corrected chi connectivity index (χ0v) is 24.4. The maximum absolute atomic E-state index is 6.56. The number of rotatable bonds is 4. The smallest absolute Gasteiger partial charge is 0.227 e. The molecule has 0 fully saturated rings. The van der Waals surface area contributed by atoms with Crippen molar-refractivity contribution in [2.24, 2.45) is 0 Å². The van der Waals surface area contributed by atoms with Crippen LogP contribution in [0.15, 0.2) is 142 Å². The average Bonchev–Trinajstić information content (AvgIpc) is 3.73. The summed E-state index contributed by atoms with van der Waals surface area (Å²) in [5, 5.41) is 2.19. The molecule has 2 heterocycles. The Bertz CT molecular complexity index is 2380. The standard InChI is InChI=1S/C40H28N2O2/c1-40(2)32-16-8-6-13-28(32)29-21-19-26(23-33(29)40)42(35-17-10-15-31-30-14-7-9-18-36(30)43-38(31)35)27-20-22-34-37(24-27)44-39(41-34)25-11-4-3-5-12-25/h3-24H,1-2H3. The Hall–Kier alpha value is -5.61. The summed E-state index contributed by atoms with van der Waals surface area (Å²) in [6, 6.07) is 46.5. The monoisotopic (exact) mass is 568 g/mol. The van der Waals surface area contributed by atoms with Crippen molar-refractivity contribution in [1.82, 2.24) is 4.98 Å². The van der Waals surface area contributed by atoms with Crippen LogP contribution in [0.1, 0.15) is 25.0 Å². The number of hydrogen-bond donors (Lipinski definition) is 0. The van der Waals surface area contributed by atoms with E-state index in [1.54, 1.807) is 0 Å². The van der Waals surface area contributed by atoms with Gasteiger partial charge in [-0.05, 0) is 70.8 Å². The van der Waals surface area contributed by atoms with Gasteiger partial charge in [0.1, 0.15) is 11.1 Å². The number of benzene rings is 6. The second-order valence-electron chi connectivity index (χ2n) is 12.0. The minimum Gasteiger partial charge on any atom is -0.454 e. The summed E-state index contributed by atoms with van der Waals surface area (Å²) in [5.74, 6) is 0.612. The van der Waals surface area contributed by atoms with Gasteiger partial charge in [-0.1, -0.05) is 92.7 Å². The molecule has 210 valence electrons. The van der Waals surface area contributed by atoms with Crippen molar-refractivity contribution in [1.29, 1.82) is 0 Å². The highest BCUT2D eigenvalue weighted by molar-refractivity contribution is 6.10. The molecule has 0 radical (unpaired) electrons. The first-order chi connectivity index (χ1) is 21.6. The van der Waals surface area contributed by atoms with Gasteiger partial charge in [0.05, 0.1) is 11.4 Å². The van der Waals surface area contributed by atoms with E-state index in [-0.39, 0.29) is 5.41 Å². The van der Waals surface area contributed by atoms with Gasteiger partial charge in [0, 0.05) is 33.5 Å². The second kappa shape index (κ2) is 9.19. The number of oxazole rings is 1. The normalized spacial score (nSPS) is 13.4. The fourth-order valence-electron chi connectivity index (χ4n) is 6.92. The molecule has 0 amide bonds. The van der Waals surface area contributed by atoms with Crippen LogP contribution in [-0.2, 0) is 5.41 Å². The average molecular weight is 569 g/mol. The fourth-order valence-corrected chi connectivity index (χ4v) is 6.92. The number of para-hydroxylation sites is 2. The molecule has 0 saturated heterocycles. The largest absolute Gasteiger partial charge is 0.454 e.